The summed E-state index contributed by atoms with van der Waals surface area (Å²) in [4.78, 5) is 24.8. The lowest BCUT2D eigenvalue weighted by atomic mass is 9.93. The van der Waals surface area contributed by atoms with Gasteiger partial charge in [0.2, 0.25) is 5.95 Å². The number of hydrogen-bond acceptors (Lipinski definition) is 7. The lowest BCUT2D eigenvalue weighted by Gasteiger charge is -2.36. The molecule has 1 aromatic carbocycles. The molecule has 0 bridgehead atoms. The number of methoxy groups -OCH3 is 1. The smallest absolute Gasteiger partial charge is 0.330 e. The quantitative estimate of drug-likeness (QED) is 0.667. The van der Waals surface area contributed by atoms with Crippen LogP contribution in [0.2, 0.25) is 0 Å². The van der Waals surface area contributed by atoms with E-state index in [1.54, 1.807) is 6.20 Å². The number of phenolic OH excluding ortho intramolecular Hbond substituents is 1. The number of phenols is 1. The first kappa shape index (κ1) is 21.1. The van der Waals surface area contributed by atoms with Gasteiger partial charge < -0.3 is 20.3 Å². The van der Waals surface area contributed by atoms with E-state index in [1.807, 2.05) is 6.92 Å². The number of aromatic hydroxyl groups is 1. The second-order valence-electron chi connectivity index (χ2n) is 7.78. The van der Waals surface area contributed by atoms with E-state index in [9.17, 15) is 19.4 Å². The molecule has 0 saturated heterocycles. The van der Waals surface area contributed by atoms with E-state index in [-0.39, 0.29) is 30.1 Å². The predicted octanol–water partition coefficient (Wildman–Crippen LogP) is 3.01. The summed E-state index contributed by atoms with van der Waals surface area (Å²) in [6, 6.07) is 2.25. The molecule has 2 heterocycles. The summed E-state index contributed by atoms with van der Waals surface area (Å²) >= 11 is 0. The van der Waals surface area contributed by atoms with Gasteiger partial charge in [-0.2, -0.15) is 4.98 Å². The molecule has 0 radical (unpaired) electrons. The van der Waals surface area contributed by atoms with Gasteiger partial charge in [-0.25, -0.2) is 14.2 Å². The number of nitrogens with one attached hydrogen (secondary N) is 1. The molecule has 9 nitrogen and oxygen atoms in total. The third-order valence-corrected chi connectivity index (χ3v) is 5.77. The second kappa shape index (κ2) is 8.54. The second-order valence-corrected chi connectivity index (χ2v) is 7.78. The zero-order valence-corrected chi connectivity index (χ0v) is 17.5. The van der Waals surface area contributed by atoms with E-state index in [0.717, 1.165) is 31.7 Å². The number of nitrogens with zero attached hydrogens (tertiary/aromatic N) is 4. The Balaban J connectivity index is 1.63. The molecule has 2 aliphatic rings. The summed E-state index contributed by atoms with van der Waals surface area (Å²) < 4.78 is 19.8. The van der Waals surface area contributed by atoms with Gasteiger partial charge in [0.05, 0.1) is 25.4 Å². The number of aromatic nitrogens is 2. The van der Waals surface area contributed by atoms with Crippen molar-refractivity contribution in [2.45, 2.75) is 51.3 Å². The molecule has 0 atom stereocenters. The maximum atomic E-state index is 14.7. The fraction of sp³-hybridized carbons (Fsp3) is 0.476. The maximum Gasteiger partial charge on any atom is 0.330 e. The number of urea groups is 1. The highest BCUT2D eigenvalue weighted by Crippen LogP contribution is 2.37. The van der Waals surface area contributed by atoms with Crippen LogP contribution in [-0.2, 0) is 6.54 Å². The number of aliphatic hydroxyl groups excluding tert-OH is 1. The number of anilines is 3. The van der Waals surface area contributed by atoms with E-state index in [0.29, 0.717) is 23.9 Å². The molecule has 10 heteroatoms. The van der Waals surface area contributed by atoms with Gasteiger partial charge in [-0.1, -0.05) is 0 Å². The van der Waals surface area contributed by atoms with Gasteiger partial charge in [-0.15, -0.1) is 0 Å². The van der Waals surface area contributed by atoms with Crippen LogP contribution in [0, 0.1) is 5.82 Å². The fourth-order valence-electron chi connectivity index (χ4n) is 4.05. The van der Waals surface area contributed by atoms with Crippen LogP contribution in [0.25, 0.3) is 0 Å². The Kier molecular flexibility index (Phi) is 5.81. The van der Waals surface area contributed by atoms with E-state index in [4.69, 9.17) is 4.74 Å². The lowest BCUT2D eigenvalue weighted by Crippen LogP contribution is -2.48. The monoisotopic (exact) mass is 431 g/mol. The maximum absolute atomic E-state index is 14.7. The van der Waals surface area contributed by atoms with Crippen LogP contribution in [0.4, 0.5) is 26.6 Å². The molecule has 31 heavy (non-hydrogen) atoms. The molecule has 4 rings (SSSR count). The van der Waals surface area contributed by atoms with Crippen LogP contribution < -0.4 is 19.9 Å². The van der Waals surface area contributed by atoms with Crippen LogP contribution in [0.5, 0.6) is 11.5 Å². The normalized spacial score (nSPS) is 21.1. The average molecular weight is 431 g/mol. The topological polar surface area (TPSA) is 111 Å². The number of halogens is 1. The Morgan fingerprint density at radius 2 is 2.03 bits per heavy atom. The van der Waals surface area contributed by atoms with Crippen molar-refractivity contribution in [1.29, 1.82) is 0 Å². The third-order valence-electron chi connectivity index (χ3n) is 5.77. The van der Waals surface area contributed by atoms with Gasteiger partial charge in [-0.05, 0) is 32.6 Å². The summed E-state index contributed by atoms with van der Waals surface area (Å²) in [6.45, 7) is 2.19. The minimum Gasteiger partial charge on any atom is -0.505 e. The lowest BCUT2D eigenvalue weighted by molar-refractivity contribution is 0.126. The molecule has 2 amide bonds. The number of aliphatic hydroxyl groups is 1. The SMILES string of the molecule is CCN1C(=O)N(c2cc(OC)cc(O)c2F)Cc2cnc(NC3CCC(O)CC3)nc21. The summed E-state index contributed by atoms with van der Waals surface area (Å²) in [5.41, 5.74) is 0.585. The Morgan fingerprint density at radius 3 is 2.71 bits per heavy atom. The summed E-state index contributed by atoms with van der Waals surface area (Å²) in [5.74, 6) is -0.352. The number of fused-ring (bicyclic) bond motifs is 1. The van der Waals surface area contributed by atoms with Crippen molar-refractivity contribution in [2.75, 3.05) is 28.8 Å². The van der Waals surface area contributed by atoms with Crippen molar-refractivity contribution in [3.63, 3.8) is 0 Å². The molecular formula is C21H26FN5O4. The third kappa shape index (κ3) is 4.07. The highest BCUT2D eigenvalue weighted by atomic mass is 19.1. The van der Waals surface area contributed by atoms with Crippen LogP contribution in [0.15, 0.2) is 18.3 Å². The van der Waals surface area contributed by atoms with Gasteiger partial charge >= 0.3 is 6.03 Å². The molecular weight excluding hydrogens is 405 g/mol. The fourth-order valence-corrected chi connectivity index (χ4v) is 4.05. The molecule has 1 aromatic heterocycles. The first-order chi connectivity index (χ1) is 14.9. The number of rotatable bonds is 5. The van der Waals surface area contributed by atoms with Crippen molar-refractivity contribution < 1.29 is 24.1 Å². The van der Waals surface area contributed by atoms with E-state index < -0.39 is 17.6 Å². The molecule has 166 valence electrons. The van der Waals surface area contributed by atoms with Gasteiger partial charge in [0.1, 0.15) is 11.6 Å². The molecule has 0 unspecified atom stereocenters. The molecule has 1 fully saturated rings. The molecule has 0 spiro atoms. The summed E-state index contributed by atoms with van der Waals surface area (Å²) in [6.07, 6.45) is 4.49. The molecule has 1 aliphatic heterocycles. The number of hydrogen-bond donors (Lipinski definition) is 3. The van der Waals surface area contributed by atoms with Crippen molar-refractivity contribution in [3.05, 3.63) is 29.7 Å². The predicted molar refractivity (Wildman–Crippen MR) is 113 cm³/mol. The molecule has 3 N–H and O–H groups in total. The van der Waals surface area contributed by atoms with Crippen LogP contribution in [0.3, 0.4) is 0 Å². The zero-order valence-electron chi connectivity index (χ0n) is 17.5. The highest BCUT2D eigenvalue weighted by molar-refractivity contribution is 6.05. The highest BCUT2D eigenvalue weighted by Gasteiger charge is 2.34. The molecule has 1 aliphatic carbocycles. The number of ether oxygens (including phenoxy) is 1. The van der Waals surface area contributed by atoms with Crippen LogP contribution in [0.1, 0.15) is 38.2 Å². The first-order valence-electron chi connectivity index (χ1n) is 10.4. The Morgan fingerprint density at radius 1 is 1.29 bits per heavy atom. The molecule has 1 saturated carbocycles. The van der Waals surface area contributed by atoms with Gasteiger partial charge in [0.25, 0.3) is 0 Å². The number of benzene rings is 1. The number of carbonyl (C=O) groups excluding carboxylic acids is 1. The Labute approximate surface area is 179 Å². The van der Waals surface area contributed by atoms with E-state index in [1.165, 1.54) is 23.0 Å². The largest absolute Gasteiger partial charge is 0.505 e. The Bertz CT molecular complexity index is 980. The summed E-state index contributed by atoms with van der Waals surface area (Å²) in [7, 11) is 1.40. The Hall–Kier alpha value is -3.14. The van der Waals surface area contributed by atoms with E-state index >= 15 is 0 Å². The first-order valence-corrected chi connectivity index (χ1v) is 10.4. The average Bonchev–Trinajstić information content (AvgIpc) is 2.77. The van der Waals surface area contributed by atoms with Gasteiger partial charge in [0, 0.05) is 36.5 Å². The number of carbonyl (C=O) groups is 1. The van der Waals surface area contributed by atoms with Crippen LogP contribution in [-0.4, -0.2) is 52.0 Å². The molecule has 2 aromatic rings. The van der Waals surface area contributed by atoms with Gasteiger partial charge in [0.15, 0.2) is 11.6 Å². The summed E-state index contributed by atoms with van der Waals surface area (Å²) in [5, 5.41) is 22.9. The standard InChI is InChI=1S/C21H26FN5O4/c1-3-26-19-12(10-23-20(25-19)24-13-4-6-14(28)7-5-13)11-27(21(26)30)16-8-15(31-2)9-17(29)18(16)22/h8-10,13-14,28-29H,3-7,11H2,1-2H3,(H,23,24,25). The van der Waals surface area contributed by atoms with Crippen molar-refractivity contribution in [3.8, 4) is 11.5 Å². The van der Waals surface area contributed by atoms with Gasteiger partial charge in [-0.3, -0.25) is 9.80 Å². The van der Waals surface area contributed by atoms with Crippen LogP contribution >= 0.6 is 0 Å². The number of amides is 2. The minimum absolute atomic E-state index is 0.0596. The van der Waals surface area contributed by atoms with Crippen molar-refractivity contribution in [1.82, 2.24) is 9.97 Å². The van der Waals surface area contributed by atoms with Crippen molar-refractivity contribution in [2.24, 2.45) is 0 Å². The van der Waals surface area contributed by atoms with E-state index in [2.05, 4.69) is 15.3 Å². The minimum atomic E-state index is -0.896. The van der Waals surface area contributed by atoms with Crippen molar-refractivity contribution >= 4 is 23.5 Å². The zero-order chi connectivity index (χ0) is 22.1.